The molecule has 0 unspecified atom stereocenters. The van der Waals surface area contributed by atoms with Gasteiger partial charge in [-0.15, -0.1) is 0 Å². The molecule has 21 heavy (non-hydrogen) atoms. The van der Waals surface area contributed by atoms with Crippen LogP contribution >= 0.6 is 0 Å². The van der Waals surface area contributed by atoms with Crippen molar-refractivity contribution in [2.24, 2.45) is 0 Å². The van der Waals surface area contributed by atoms with Crippen molar-refractivity contribution in [2.45, 2.75) is 6.29 Å². The van der Waals surface area contributed by atoms with Gasteiger partial charge in [-0.25, -0.2) is 4.98 Å². The number of piperazine rings is 1. The molecule has 7 heteroatoms. The number of rotatable bonds is 5. The zero-order valence-corrected chi connectivity index (χ0v) is 13.5. The van der Waals surface area contributed by atoms with Crippen molar-refractivity contribution < 1.29 is 9.47 Å². The van der Waals surface area contributed by atoms with Crippen LogP contribution < -0.4 is 9.80 Å². The second-order valence-corrected chi connectivity index (χ2v) is 5.44. The lowest BCUT2D eigenvalue weighted by Gasteiger charge is -2.33. The van der Waals surface area contributed by atoms with E-state index in [1.807, 2.05) is 25.1 Å². The highest BCUT2D eigenvalue weighted by Crippen LogP contribution is 2.23. The Kier molecular flexibility index (Phi) is 5.33. The number of anilines is 2. The van der Waals surface area contributed by atoms with Crippen LogP contribution in [0.25, 0.3) is 0 Å². The fourth-order valence-electron chi connectivity index (χ4n) is 2.30. The number of hydrogen-bond donors (Lipinski definition) is 0. The van der Waals surface area contributed by atoms with Crippen molar-refractivity contribution >= 4 is 11.8 Å². The molecule has 0 amide bonds. The van der Waals surface area contributed by atoms with Gasteiger partial charge >= 0.3 is 0 Å². The Morgan fingerprint density at radius 2 is 1.71 bits per heavy atom. The van der Waals surface area contributed by atoms with Gasteiger partial charge in [0.15, 0.2) is 0 Å². The lowest BCUT2D eigenvalue weighted by atomic mass is 10.3. The molecule has 0 saturated carbocycles. The van der Waals surface area contributed by atoms with Crippen molar-refractivity contribution in [1.82, 2.24) is 14.9 Å². The summed E-state index contributed by atoms with van der Waals surface area (Å²) in [5.74, 6) is 1.59. The van der Waals surface area contributed by atoms with E-state index >= 15 is 0 Å². The van der Waals surface area contributed by atoms with E-state index in [1.54, 1.807) is 14.2 Å². The Balaban J connectivity index is 2.31. The molecular weight excluding hydrogens is 270 g/mol. The first-order valence-electron chi connectivity index (χ1n) is 7.10. The van der Waals surface area contributed by atoms with Crippen molar-refractivity contribution in [1.29, 1.82) is 0 Å². The second-order valence-electron chi connectivity index (χ2n) is 5.44. The number of nitrogens with zero attached hydrogens (tertiary/aromatic N) is 5. The van der Waals surface area contributed by atoms with E-state index in [1.165, 1.54) is 0 Å². The summed E-state index contributed by atoms with van der Waals surface area (Å²) in [6.07, 6.45) is -0.474. The van der Waals surface area contributed by atoms with E-state index in [4.69, 9.17) is 9.47 Å². The van der Waals surface area contributed by atoms with Crippen LogP contribution in [0.4, 0.5) is 11.8 Å². The van der Waals surface area contributed by atoms with Crippen LogP contribution in [0.1, 0.15) is 12.0 Å². The van der Waals surface area contributed by atoms with Crippen LogP contribution in [-0.4, -0.2) is 76.4 Å². The summed E-state index contributed by atoms with van der Waals surface area (Å²) in [4.78, 5) is 15.6. The molecule has 1 aromatic heterocycles. The van der Waals surface area contributed by atoms with Crippen LogP contribution in [0, 0.1) is 0 Å². The Morgan fingerprint density at radius 1 is 1.10 bits per heavy atom. The summed E-state index contributed by atoms with van der Waals surface area (Å²) in [5, 5.41) is 0. The van der Waals surface area contributed by atoms with E-state index in [9.17, 15) is 0 Å². The molecule has 7 nitrogen and oxygen atoms in total. The van der Waals surface area contributed by atoms with Crippen molar-refractivity contribution in [3.8, 4) is 0 Å². The van der Waals surface area contributed by atoms with Gasteiger partial charge in [-0.2, -0.15) is 4.98 Å². The van der Waals surface area contributed by atoms with E-state index in [-0.39, 0.29) is 0 Å². The predicted octanol–water partition coefficient (Wildman–Crippen LogP) is 0.586. The van der Waals surface area contributed by atoms with Crippen LogP contribution in [-0.2, 0) is 9.47 Å². The number of aromatic nitrogens is 2. The average molecular weight is 295 g/mol. The van der Waals surface area contributed by atoms with Gasteiger partial charge in [0.2, 0.25) is 12.2 Å². The monoisotopic (exact) mass is 295 g/mol. The summed E-state index contributed by atoms with van der Waals surface area (Å²) in [7, 11) is 9.23. The number of ether oxygens (including phenoxy) is 2. The zero-order chi connectivity index (χ0) is 15.4. The molecule has 0 N–H and O–H groups in total. The molecular formula is C14H25N5O2. The third-order valence-corrected chi connectivity index (χ3v) is 3.62. The first-order chi connectivity index (χ1) is 10.0. The topological polar surface area (TPSA) is 54.0 Å². The van der Waals surface area contributed by atoms with Gasteiger partial charge in [-0.1, -0.05) is 0 Å². The molecule has 1 aliphatic rings. The van der Waals surface area contributed by atoms with Gasteiger partial charge in [0.1, 0.15) is 11.5 Å². The molecule has 1 fully saturated rings. The maximum Gasteiger partial charge on any atom is 0.227 e. The Labute approximate surface area is 126 Å². The molecule has 0 bridgehead atoms. The Bertz CT molecular complexity index is 457. The predicted molar refractivity (Wildman–Crippen MR) is 82.8 cm³/mol. The van der Waals surface area contributed by atoms with E-state index < -0.39 is 6.29 Å². The SMILES string of the molecule is COC(OC)c1cc(N2CCN(C)CC2)nc(N(C)C)n1. The molecule has 0 aromatic carbocycles. The quantitative estimate of drug-likeness (QED) is 0.737. The highest BCUT2D eigenvalue weighted by molar-refractivity contribution is 5.46. The minimum Gasteiger partial charge on any atom is -0.354 e. The summed E-state index contributed by atoms with van der Waals surface area (Å²) in [6, 6.07) is 1.95. The number of likely N-dealkylation sites (N-methyl/N-ethyl adjacent to an activating group) is 1. The van der Waals surface area contributed by atoms with Crippen LogP contribution in [0.2, 0.25) is 0 Å². The van der Waals surface area contributed by atoms with Gasteiger partial charge in [0.25, 0.3) is 0 Å². The van der Waals surface area contributed by atoms with Gasteiger partial charge in [0.05, 0.1) is 0 Å². The average Bonchev–Trinajstić information content (AvgIpc) is 2.49. The van der Waals surface area contributed by atoms with Crippen molar-refractivity contribution in [3.63, 3.8) is 0 Å². The van der Waals surface area contributed by atoms with Gasteiger partial charge in [-0.3, -0.25) is 0 Å². The fraction of sp³-hybridized carbons (Fsp3) is 0.714. The third kappa shape index (κ3) is 3.81. The van der Waals surface area contributed by atoms with Crippen LogP contribution in [0.3, 0.4) is 0 Å². The maximum atomic E-state index is 5.32. The van der Waals surface area contributed by atoms with Crippen molar-refractivity contribution in [3.05, 3.63) is 11.8 Å². The van der Waals surface area contributed by atoms with Crippen LogP contribution in [0.15, 0.2) is 6.07 Å². The third-order valence-electron chi connectivity index (χ3n) is 3.62. The Hall–Kier alpha value is -1.44. The van der Waals surface area contributed by atoms with E-state index in [0.29, 0.717) is 5.95 Å². The summed E-state index contributed by atoms with van der Waals surface area (Å²) >= 11 is 0. The molecule has 1 aromatic rings. The first-order valence-corrected chi connectivity index (χ1v) is 7.10. The summed E-state index contributed by atoms with van der Waals surface area (Å²) < 4.78 is 10.6. The molecule has 1 saturated heterocycles. The van der Waals surface area contributed by atoms with Gasteiger partial charge in [0, 0.05) is 60.6 Å². The van der Waals surface area contributed by atoms with E-state index in [0.717, 1.165) is 37.7 Å². The fourth-order valence-corrected chi connectivity index (χ4v) is 2.30. The smallest absolute Gasteiger partial charge is 0.227 e. The molecule has 0 radical (unpaired) electrons. The van der Waals surface area contributed by atoms with Crippen molar-refractivity contribution in [2.75, 3.05) is 71.3 Å². The lowest BCUT2D eigenvalue weighted by molar-refractivity contribution is -0.108. The zero-order valence-electron chi connectivity index (χ0n) is 13.5. The Morgan fingerprint density at radius 3 is 2.24 bits per heavy atom. The highest BCUT2D eigenvalue weighted by atomic mass is 16.7. The minimum absolute atomic E-state index is 0.474. The summed E-state index contributed by atoms with van der Waals surface area (Å²) in [5.41, 5.74) is 0.743. The first kappa shape index (κ1) is 15.9. The van der Waals surface area contributed by atoms with Gasteiger partial charge < -0.3 is 24.2 Å². The molecule has 2 heterocycles. The van der Waals surface area contributed by atoms with Crippen LogP contribution in [0.5, 0.6) is 0 Å². The molecule has 118 valence electrons. The molecule has 1 aliphatic heterocycles. The molecule has 0 aliphatic carbocycles. The largest absolute Gasteiger partial charge is 0.354 e. The molecule has 0 atom stereocenters. The number of methoxy groups -OCH3 is 2. The standard InChI is InChI=1S/C14H25N5O2/c1-17(2)14-15-11(13(20-4)21-5)10-12(16-14)19-8-6-18(3)7-9-19/h10,13H,6-9H2,1-5H3. The molecule has 2 rings (SSSR count). The van der Waals surface area contributed by atoms with Gasteiger partial charge in [-0.05, 0) is 7.05 Å². The second kappa shape index (κ2) is 7.02. The lowest BCUT2D eigenvalue weighted by Crippen LogP contribution is -2.45. The number of hydrogen-bond acceptors (Lipinski definition) is 7. The normalized spacial score (nSPS) is 16.6. The highest BCUT2D eigenvalue weighted by Gasteiger charge is 2.20. The minimum atomic E-state index is -0.474. The van der Waals surface area contributed by atoms with E-state index in [2.05, 4.69) is 26.8 Å². The summed E-state index contributed by atoms with van der Waals surface area (Å²) in [6.45, 7) is 4.00. The molecule has 0 spiro atoms. The maximum absolute atomic E-state index is 5.32.